The van der Waals surface area contributed by atoms with Crippen LogP contribution in [0, 0.1) is 11.8 Å². The van der Waals surface area contributed by atoms with E-state index in [0.29, 0.717) is 32.0 Å². The number of amides is 2. The summed E-state index contributed by atoms with van der Waals surface area (Å²) >= 11 is 0. The Morgan fingerprint density at radius 2 is 1.96 bits per heavy atom. The van der Waals surface area contributed by atoms with Gasteiger partial charge >= 0.3 is 0 Å². The molecule has 0 aliphatic carbocycles. The lowest BCUT2D eigenvalue weighted by Crippen LogP contribution is -2.46. The van der Waals surface area contributed by atoms with Crippen LogP contribution in [0.25, 0.3) is 0 Å². The highest BCUT2D eigenvalue weighted by molar-refractivity contribution is 5.89. The zero-order valence-corrected chi connectivity index (χ0v) is 14.9. The Hall–Kier alpha value is -1.14. The van der Waals surface area contributed by atoms with Crippen molar-refractivity contribution in [1.29, 1.82) is 0 Å². The second-order valence-corrected chi connectivity index (χ2v) is 7.53. The third kappa shape index (κ3) is 4.28. The van der Waals surface area contributed by atoms with Crippen molar-refractivity contribution >= 4 is 11.8 Å². The Kier molecular flexibility index (Phi) is 6.11. The minimum Gasteiger partial charge on any atom is -0.383 e. The van der Waals surface area contributed by atoms with Crippen molar-refractivity contribution in [2.45, 2.75) is 32.1 Å². The smallest absolute Gasteiger partial charge is 0.228 e. The number of piperidine rings is 1. The summed E-state index contributed by atoms with van der Waals surface area (Å²) in [6.07, 6.45) is 5.33. The fraction of sp³-hybridized carbons (Fsp3) is 0.889. The van der Waals surface area contributed by atoms with Crippen LogP contribution < -0.4 is 0 Å². The van der Waals surface area contributed by atoms with Crippen molar-refractivity contribution in [2.24, 2.45) is 11.8 Å². The predicted molar refractivity (Wildman–Crippen MR) is 91.5 cm³/mol. The molecule has 6 heteroatoms. The molecule has 24 heavy (non-hydrogen) atoms. The summed E-state index contributed by atoms with van der Waals surface area (Å²) < 4.78 is 5.05. The third-order valence-corrected chi connectivity index (χ3v) is 5.67. The SMILES string of the molecule is COCCN1C[C@H](C(=O)N2CCC[C@H](CN3CCCC3)C2)CC1=O. The fourth-order valence-corrected chi connectivity index (χ4v) is 4.36. The van der Waals surface area contributed by atoms with Crippen LogP contribution in [0.5, 0.6) is 0 Å². The second kappa shape index (κ2) is 8.30. The molecule has 3 aliphatic rings. The number of methoxy groups -OCH3 is 1. The number of hydrogen-bond donors (Lipinski definition) is 0. The zero-order chi connectivity index (χ0) is 16.9. The maximum Gasteiger partial charge on any atom is 0.228 e. The monoisotopic (exact) mass is 337 g/mol. The lowest BCUT2D eigenvalue weighted by Gasteiger charge is -2.36. The first-order valence-electron chi connectivity index (χ1n) is 9.45. The molecule has 136 valence electrons. The summed E-state index contributed by atoms with van der Waals surface area (Å²) in [6.45, 7) is 6.99. The zero-order valence-electron chi connectivity index (χ0n) is 14.9. The average Bonchev–Trinajstić information content (AvgIpc) is 3.22. The summed E-state index contributed by atoms with van der Waals surface area (Å²) in [4.78, 5) is 31.3. The quantitative estimate of drug-likeness (QED) is 0.720. The van der Waals surface area contributed by atoms with Crippen molar-refractivity contribution in [3.8, 4) is 0 Å². The molecule has 2 atom stereocenters. The number of nitrogens with zero attached hydrogens (tertiary/aromatic N) is 3. The van der Waals surface area contributed by atoms with Gasteiger partial charge in [-0.3, -0.25) is 9.59 Å². The number of carbonyl (C=O) groups is 2. The molecule has 0 N–H and O–H groups in total. The molecule has 0 bridgehead atoms. The number of hydrogen-bond acceptors (Lipinski definition) is 4. The van der Waals surface area contributed by atoms with E-state index in [9.17, 15) is 9.59 Å². The number of carbonyl (C=O) groups excluding carboxylic acids is 2. The van der Waals surface area contributed by atoms with Gasteiger partial charge in [-0.2, -0.15) is 0 Å². The van der Waals surface area contributed by atoms with Gasteiger partial charge in [-0.15, -0.1) is 0 Å². The van der Waals surface area contributed by atoms with Crippen molar-refractivity contribution in [2.75, 3.05) is 59.5 Å². The van der Waals surface area contributed by atoms with Crippen LogP contribution in [0.3, 0.4) is 0 Å². The van der Waals surface area contributed by atoms with E-state index in [-0.39, 0.29) is 17.7 Å². The Morgan fingerprint density at radius 3 is 2.71 bits per heavy atom. The molecule has 3 fully saturated rings. The van der Waals surface area contributed by atoms with E-state index in [1.54, 1.807) is 12.0 Å². The van der Waals surface area contributed by atoms with Gasteiger partial charge in [0.25, 0.3) is 0 Å². The molecule has 2 amide bonds. The second-order valence-electron chi connectivity index (χ2n) is 7.53. The molecule has 3 aliphatic heterocycles. The van der Waals surface area contributed by atoms with Crippen LogP contribution >= 0.6 is 0 Å². The van der Waals surface area contributed by atoms with Gasteiger partial charge in [0.2, 0.25) is 11.8 Å². The van der Waals surface area contributed by atoms with E-state index in [2.05, 4.69) is 4.90 Å². The lowest BCUT2D eigenvalue weighted by molar-refractivity contribution is -0.137. The molecule has 0 spiro atoms. The van der Waals surface area contributed by atoms with Crippen LogP contribution in [-0.2, 0) is 14.3 Å². The summed E-state index contributed by atoms with van der Waals surface area (Å²) in [5.41, 5.74) is 0. The van der Waals surface area contributed by atoms with Crippen LogP contribution in [0.4, 0.5) is 0 Å². The molecule has 3 rings (SSSR count). The normalized spacial score (nSPS) is 28.8. The molecular formula is C18H31N3O3. The van der Waals surface area contributed by atoms with Gasteiger partial charge in [0.05, 0.1) is 12.5 Å². The standard InChI is InChI=1S/C18H31N3O3/c1-24-10-9-20-14-16(11-17(20)22)18(23)21-8-4-5-15(13-21)12-19-6-2-3-7-19/h15-16H,2-14H2,1H3/t15-,16-/m1/s1. The summed E-state index contributed by atoms with van der Waals surface area (Å²) in [7, 11) is 1.64. The summed E-state index contributed by atoms with van der Waals surface area (Å²) in [5.74, 6) is 0.729. The summed E-state index contributed by atoms with van der Waals surface area (Å²) in [6, 6.07) is 0. The summed E-state index contributed by atoms with van der Waals surface area (Å²) in [5, 5.41) is 0. The van der Waals surface area contributed by atoms with Crippen LogP contribution in [-0.4, -0.2) is 86.0 Å². The first-order valence-corrected chi connectivity index (χ1v) is 9.45. The topological polar surface area (TPSA) is 53.1 Å². The van der Waals surface area contributed by atoms with Crippen molar-refractivity contribution in [3.63, 3.8) is 0 Å². The molecule has 0 unspecified atom stereocenters. The maximum atomic E-state index is 12.9. The minimum atomic E-state index is -0.153. The molecule has 0 aromatic heterocycles. The molecule has 0 aromatic rings. The number of rotatable bonds is 6. The van der Waals surface area contributed by atoms with Crippen molar-refractivity contribution < 1.29 is 14.3 Å². The molecule has 6 nitrogen and oxygen atoms in total. The largest absolute Gasteiger partial charge is 0.383 e. The van der Waals surface area contributed by atoms with Gasteiger partial charge in [0.15, 0.2) is 0 Å². The lowest BCUT2D eigenvalue weighted by atomic mass is 9.95. The predicted octanol–water partition coefficient (Wildman–Crippen LogP) is 0.816. The average molecular weight is 337 g/mol. The van der Waals surface area contributed by atoms with Gasteiger partial charge in [-0.05, 0) is 44.7 Å². The fourth-order valence-electron chi connectivity index (χ4n) is 4.36. The van der Waals surface area contributed by atoms with Crippen LogP contribution in [0.2, 0.25) is 0 Å². The highest BCUT2D eigenvalue weighted by atomic mass is 16.5. The maximum absolute atomic E-state index is 12.9. The molecular weight excluding hydrogens is 306 g/mol. The Labute approximate surface area is 145 Å². The van der Waals surface area contributed by atoms with Gasteiger partial charge in [0.1, 0.15) is 0 Å². The van der Waals surface area contributed by atoms with E-state index in [0.717, 1.165) is 26.1 Å². The highest BCUT2D eigenvalue weighted by Crippen LogP contribution is 2.25. The first-order chi connectivity index (χ1) is 11.7. The molecule has 3 heterocycles. The van der Waals surface area contributed by atoms with Gasteiger partial charge in [-0.25, -0.2) is 0 Å². The van der Waals surface area contributed by atoms with Crippen LogP contribution in [0.15, 0.2) is 0 Å². The van der Waals surface area contributed by atoms with E-state index >= 15 is 0 Å². The highest BCUT2D eigenvalue weighted by Gasteiger charge is 2.37. The number of ether oxygens (including phenoxy) is 1. The van der Waals surface area contributed by atoms with Gasteiger partial charge in [-0.1, -0.05) is 0 Å². The van der Waals surface area contributed by atoms with E-state index in [4.69, 9.17) is 4.74 Å². The Balaban J connectivity index is 1.50. The minimum absolute atomic E-state index is 0.0935. The molecule has 0 aromatic carbocycles. The Bertz CT molecular complexity index is 451. The van der Waals surface area contributed by atoms with Gasteiger partial charge < -0.3 is 19.4 Å². The van der Waals surface area contributed by atoms with Crippen molar-refractivity contribution in [3.05, 3.63) is 0 Å². The van der Waals surface area contributed by atoms with E-state index < -0.39 is 0 Å². The first kappa shape index (κ1) is 17.7. The van der Waals surface area contributed by atoms with Crippen LogP contribution in [0.1, 0.15) is 32.1 Å². The Morgan fingerprint density at radius 1 is 1.17 bits per heavy atom. The van der Waals surface area contributed by atoms with Crippen molar-refractivity contribution in [1.82, 2.24) is 14.7 Å². The molecule has 0 radical (unpaired) electrons. The molecule has 0 saturated carbocycles. The third-order valence-electron chi connectivity index (χ3n) is 5.67. The number of likely N-dealkylation sites (tertiary alicyclic amines) is 3. The van der Waals surface area contributed by atoms with E-state index in [1.807, 2.05) is 4.90 Å². The van der Waals surface area contributed by atoms with Gasteiger partial charge in [0, 0.05) is 46.3 Å². The van der Waals surface area contributed by atoms with E-state index in [1.165, 1.54) is 32.4 Å². The molecule has 3 saturated heterocycles.